The number of hydrogen-bond donors (Lipinski definition) is 1. The molecule has 1 aliphatic carbocycles. The Labute approximate surface area is 148 Å². The summed E-state index contributed by atoms with van der Waals surface area (Å²) in [5.74, 6) is 1.06. The molecule has 4 nitrogen and oxygen atoms in total. The van der Waals surface area contributed by atoms with Gasteiger partial charge in [-0.1, -0.05) is 45.0 Å². The van der Waals surface area contributed by atoms with Gasteiger partial charge in [0, 0.05) is 12.1 Å². The quantitative estimate of drug-likeness (QED) is 0.646. The maximum Gasteiger partial charge on any atom is 0.243 e. The van der Waals surface area contributed by atoms with Gasteiger partial charge in [0.25, 0.3) is 0 Å². The van der Waals surface area contributed by atoms with Gasteiger partial charge in [-0.3, -0.25) is 4.79 Å². The number of amides is 1. The van der Waals surface area contributed by atoms with Crippen LogP contribution in [0.5, 0.6) is 0 Å². The largest absolute Gasteiger partial charge is 0.465 e. The van der Waals surface area contributed by atoms with Gasteiger partial charge in [-0.25, -0.2) is 5.43 Å². The Morgan fingerprint density at radius 1 is 1.24 bits per heavy atom. The minimum atomic E-state index is -0.0208. The molecule has 1 aromatic heterocycles. The fraction of sp³-hybridized carbons (Fsp3) is 0.333. The van der Waals surface area contributed by atoms with Crippen molar-refractivity contribution in [3.63, 3.8) is 0 Å². The molecule has 1 N–H and O–H groups in total. The highest BCUT2D eigenvalue weighted by atomic mass is 16.3. The molecule has 3 rings (SSSR count). The van der Waals surface area contributed by atoms with Crippen molar-refractivity contribution >= 4 is 18.2 Å². The lowest BCUT2D eigenvalue weighted by molar-refractivity contribution is -0.122. The highest BCUT2D eigenvalue weighted by Crippen LogP contribution is 2.47. The Morgan fingerprint density at radius 2 is 2.00 bits per heavy atom. The summed E-state index contributed by atoms with van der Waals surface area (Å²) in [7, 11) is 0. The topological polar surface area (TPSA) is 54.6 Å². The summed E-state index contributed by atoms with van der Waals surface area (Å²) in [5.41, 5.74) is 5.30. The van der Waals surface area contributed by atoms with E-state index in [9.17, 15) is 4.79 Å². The summed E-state index contributed by atoms with van der Waals surface area (Å²) in [5, 5.41) is 3.95. The molecule has 130 valence electrons. The van der Waals surface area contributed by atoms with Gasteiger partial charge >= 0.3 is 0 Å². The molecule has 25 heavy (non-hydrogen) atoms. The van der Waals surface area contributed by atoms with Crippen LogP contribution in [-0.4, -0.2) is 12.1 Å². The number of hydrogen-bond acceptors (Lipinski definition) is 3. The standard InChI is InChI=1S/C21H24N2O2/c1-21(2,3)16-10-8-15(9-11-16)18-14-19(18)20(24)23-22-12-4-6-17-7-5-13-25-17/h4-13,18-19H,14H2,1-3H3,(H,23,24)/b6-4+,22-12?/t18-,19+/m0/s1. The number of benzene rings is 1. The van der Waals surface area contributed by atoms with E-state index in [2.05, 4.69) is 55.6 Å². The summed E-state index contributed by atoms with van der Waals surface area (Å²) >= 11 is 0. The minimum Gasteiger partial charge on any atom is -0.465 e. The van der Waals surface area contributed by atoms with Crippen LogP contribution in [-0.2, 0) is 10.2 Å². The number of rotatable bonds is 5. The Balaban J connectivity index is 1.48. The van der Waals surface area contributed by atoms with E-state index >= 15 is 0 Å². The number of carbonyl (C=O) groups is 1. The smallest absolute Gasteiger partial charge is 0.243 e. The first kappa shape index (κ1) is 17.2. The molecule has 0 aliphatic heterocycles. The van der Waals surface area contributed by atoms with E-state index in [0.717, 1.165) is 12.2 Å². The average Bonchev–Trinajstić information content (AvgIpc) is 3.22. The first-order valence-electron chi connectivity index (χ1n) is 8.58. The third kappa shape index (κ3) is 4.47. The van der Waals surface area contributed by atoms with Gasteiger partial charge in [0.2, 0.25) is 5.91 Å². The molecule has 1 aliphatic rings. The van der Waals surface area contributed by atoms with Crippen molar-refractivity contribution in [2.75, 3.05) is 0 Å². The number of furan rings is 1. The van der Waals surface area contributed by atoms with E-state index in [0.29, 0.717) is 5.92 Å². The lowest BCUT2D eigenvalue weighted by Crippen LogP contribution is -2.19. The summed E-state index contributed by atoms with van der Waals surface area (Å²) in [6, 6.07) is 12.3. The Morgan fingerprint density at radius 3 is 2.64 bits per heavy atom. The molecule has 1 heterocycles. The molecule has 1 aromatic carbocycles. The zero-order valence-corrected chi connectivity index (χ0v) is 14.9. The van der Waals surface area contributed by atoms with Crippen molar-refractivity contribution in [3.05, 3.63) is 65.6 Å². The summed E-state index contributed by atoms with van der Waals surface area (Å²) in [6.45, 7) is 6.61. The van der Waals surface area contributed by atoms with Crippen molar-refractivity contribution in [2.24, 2.45) is 11.0 Å². The van der Waals surface area contributed by atoms with Gasteiger partial charge in [0.05, 0.1) is 6.26 Å². The molecule has 0 spiro atoms. The van der Waals surface area contributed by atoms with Gasteiger partial charge in [-0.15, -0.1) is 0 Å². The average molecular weight is 336 g/mol. The third-order valence-corrected chi connectivity index (χ3v) is 4.47. The molecular weight excluding hydrogens is 312 g/mol. The van der Waals surface area contributed by atoms with Gasteiger partial charge in [0.15, 0.2) is 0 Å². The van der Waals surface area contributed by atoms with Crippen LogP contribution in [0.25, 0.3) is 6.08 Å². The van der Waals surface area contributed by atoms with Crippen LogP contribution < -0.4 is 5.43 Å². The summed E-state index contributed by atoms with van der Waals surface area (Å²) < 4.78 is 5.17. The predicted octanol–water partition coefficient (Wildman–Crippen LogP) is 4.50. The fourth-order valence-electron chi connectivity index (χ4n) is 2.83. The second kappa shape index (κ2) is 7.09. The Kier molecular flexibility index (Phi) is 4.88. The lowest BCUT2D eigenvalue weighted by atomic mass is 9.86. The van der Waals surface area contributed by atoms with E-state index in [4.69, 9.17) is 4.42 Å². The van der Waals surface area contributed by atoms with Crippen LogP contribution in [0, 0.1) is 5.92 Å². The van der Waals surface area contributed by atoms with E-state index in [1.54, 1.807) is 24.6 Å². The molecular formula is C21H24N2O2. The van der Waals surface area contributed by atoms with E-state index in [1.165, 1.54) is 11.1 Å². The molecule has 0 saturated heterocycles. The second-order valence-corrected chi connectivity index (χ2v) is 7.45. The molecule has 2 atom stereocenters. The molecule has 1 amide bonds. The van der Waals surface area contributed by atoms with Crippen molar-refractivity contribution in [3.8, 4) is 0 Å². The molecule has 0 unspecified atom stereocenters. The van der Waals surface area contributed by atoms with E-state index in [-0.39, 0.29) is 17.2 Å². The third-order valence-electron chi connectivity index (χ3n) is 4.47. The van der Waals surface area contributed by atoms with Crippen LogP contribution in [0.3, 0.4) is 0 Å². The summed E-state index contributed by atoms with van der Waals surface area (Å²) in [4.78, 5) is 12.1. The monoisotopic (exact) mass is 336 g/mol. The van der Waals surface area contributed by atoms with Crippen molar-refractivity contribution in [2.45, 2.75) is 38.5 Å². The van der Waals surface area contributed by atoms with Crippen molar-refractivity contribution in [1.82, 2.24) is 5.43 Å². The first-order valence-corrected chi connectivity index (χ1v) is 8.58. The molecule has 1 fully saturated rings. The fourth-order valence-corrected chi connectivity index (χ4v) is 2.83. The van der Waals surface area contributed by atoms with Gasteiger partial charge in [0.1, 0.15) is 5.76 Å². The van der Waals surface area contributed by atoms with Crippen LogP contribution in [0.15, 0.2) is 58.3 Å². The highest BCUT2D eigenvalue weighted by Gasteiger charge is 2.43. The summed E-state index contributed by atoms with van der Waals surface area (Å²) in [6.07, 6.45) is 7.56. The van der Waals surface area contributed by atoms with Crippen LogP contribution in [0.4, 0.5) is 0 Å². The first-order chi connectivity index (χ1) is 11.9. The van der Waals surface area contributed by atoms with Crippen LogP contribution in [0.1, 0.15) is 50.0 Å². The van der Waals surface area contributed by atoms with Gasteiger partial charge < -0.3 is 4.42 Å². The minimum absolute atomic E-state index is 0.0201. The van der Waals surface area contributed by atoms with Crippen molar-refractivity contribution < 1.29 is 9.21 Å². The maximum absolute atomic E-state index is 12.1. The van der Waals surface area contributed by atoms with E-state index in [1.807, 2.05) is 12.1 Å². The highest BCUT2D eigenvalue weighted by molar-refractivity contribution is 5.84. The second-order valence-electron chi connectivity index (χ2n) is 7.45. The van der Waals surface area contributed by atoms with Gasteiger partial charge in [-0.05, 0) is 53.2 Å². The molecule has 1 saturated carbocycles. The lowest BCUT2D eigenvalue weighted by Gasteiger charge is -2.19. The number of allylic oxidation sites excluding steroid dienone is 1. The Bertz CT molecular complexity index is 765. The van der Waals surface area contributed by atoms with Crippen LogP contribution in [0.2, 0.25) is 0 Å². The molecule has 0 radical (unpaired) electrons. The molecule has 2 aromatic rings. The van der Waals surface area contributed by atoms with Crippen LogP contribution >= 0.6 is 0 Å². The molecule has 0 bridgehead atoms. The predicted molar refractivity (Wildman–Crippen MR) is 100 cm³/mol. The normalized spacial score (nSPS) is 20.3. The zero-order chi connectivity index (χ0) is 17.9. The maximum atomic E-state index is 12.1. The number of nitrogens with one attached hydrogen (secondary N) is 1. The zero-order valence-electron chi connectivity index (χ0n) is 14.9. The number of hydrazone groups is 1. The van der Waals surface area contributed by atoms with E-state index < -0.39 is 0 Å². The number of carbonyl (C=O) groups excluding carboxylic acids is 1. The number of nitrogens with zero attached hydrogens (tertiary/aromatic N) is 1. The Hall–Kier alpha value is -2.62. The van der Waals surface area contributed by atoms with Gasteiger partial charge in [-0.2, -0.15) is 5.10 Å². The SMILES string of the molecule is CC(C)(C)c1ccc([C@@H]2C[C@H]2C(=O)NN=C/C=C/c2ccco2)cc1. The van der Waals surface area contributed by atoms with Crippen molar-refractivity contribution in [1.29, 1.82) is 0 Å². The molecule has 4 heteroatoms.